The Kier molecular flexibility index (Phi) is 5.68. The van der Waals surface area contributed by atoms with Crippen LogP contribution >= 0.6 is 11.3 Å². The molecule has 0 amide bonds. The molecule has 5 aromatic carbocycles. The quantitative estimate of drug-likeness (QED) is 0.203. The lowest BCUT2D eigenvalue weighted by molar-refractivity contribution is 0.664. The van der Waals surface area contributed by atoms with Gasteiger partial charge >= 0.3 is 0 Å². The zero-order valence-electron chi connectivity index (χ0n) is 24.9. The second-order valence-corrected chi connectivity index (χ2v) is 13.1. The van der Waals surface area contributed by atoms with Gasteiger partial charge in [-0.2, -0.15) is 9.97 Å². The van der Waals surface area contributed by atoms with Crippen LogP contribution in [0.15, 0.2) is 133 Å². The third kappa shape index (κ3) is 3.94. The molecule has 0 aliphatic heterocycles. The SMILES string of the molecule is CC1(C)c2ccccc2-c2sc3c4ccccc4n(-c4nc(-c5ccccc5)nc(-c5ccc(-c6ccccc6)cc5)n4)c3c21. The van der Waals surface area contributed by atoms with Crippen LogP contribution < -0.4 is 0 Å². The molecule has 0 radical (unpaired) electrons. The average Bonchev–Trinajstić information content (AvgIpc) is 3.71. The molecule has 4 nitrogen and oxygen atoms in total. The third-order valence-corrected chi connectivity index (χ3v) is 10.3. The summed E-state index contributed by atoms with van der Waals surface area (Å²) >= 11 is 1.89. The number of aromatic nitrogens is 4. The summed E-state index contributed by atoms with van der Waals surface area (Å²) < 4.78 is 3.55. The van der Waals surface area contributed by atoms with Crippen molar-refractivity contribution in [1.29, 1.82) is 0 Å². The fraction of sp³-hybridized carbons (Fsp3) is 0.0750. The smallest absolute Gasteiger partial charge is 0.238 e. The lowest BCUT2D eigenvalue weighted by atomic mass is 9.82. The monoisotopic (exact) mass is 596 g/mol. The van der Waals surface area contributed by atoms with E-state index in [1.54, 1.807) is 0 Å². The van der Waals surface area contributed by atoms with E-state index in [-0.39, 0.29) is 5.41 Å². The van der Waals surface area contributed by atoms with Crippen LogP contribution in [0.1, 0.15) is 25.0 Å². The van der Waals surface area contributed by atoms with E-state index in [9.17, 15) is 0 Å². The highest BCUT2D eigenvalue weighted by atomic mass is 32.1. The van der Waals surface area contributed by atoms with Gasteiger partial charge in [0.05, 0.1) is 15.7 Å². The molecule has 45 heavy (non-hydrogen) atoms. The number of thiophene rings is 1. The molecule has 1 aliphatic rings. The fourth-order valence-electron chi connectivity index (χ4n) is 6.89. The van der Waals surface area contributed by atoms with E-state index in [1.165, 1.54) is 42.7 Å². The highest BCUT2D eigenvalue weighted by Crippen LogP contribution is 2.57. The van der Waals surface area contributed by atoms with Crippen LogP contribution in [0.5, 0.6) is 0 Å². The summed E-state index contributed by atoms with van der Waals surface area (Å²) in [6, 6.07) is 46.6. The summed E-state index contributed by atoms with van der Waals surface area (Å²) in [6.45, 7) is 4.68. The van der Waals surface area contributed by atoms with Crippen molar-refractivity contribution in [3.63, 3.8) is 0 Å². The van der Waals surface area contributed by atoms with Crippen LogP contribution in [0.2, 0.25) is 0 Å². The minimum absolute atomic E-state index is 0.165. The minimum atomic E-state index is -0.165. The van der Waals surface area contributed by atoms with Gasteiger partial charge < -0.3 is 0 Å². The number of benzene rings is 5. The van der Waals surface area contributed by atoms with E-state index < -0.39 is 0 Å². The van der Waals surface area contributed by atoms with Crippen molar-refractivity contribution < 1.29 is 0 Å². The van der Waals surface area contributed by atoms with Gasteiger partial charge in [0.25, 0.3) is 0 Å². The predicted octanol–water partition coefficient (Wildman–Crippen LogP) is 10.3. The summed E-state index contributed by atoms with van der Waals surface area (Å²) in [5.41, 5.74) is 10.4. The van der Waals surface area contributed by atoms with Crippen LogP contribution in [0.3, 0.4) is 0 Å². The Hall–Kier alpha value is -5.39. The highest BCUT2D eigenvalue weighted by molar-refractivity contribution is 7.23. The summed E-state index contributed by atoms with van der Waals surface area (Å²) in [6.07, 6.45) is 0. The Balaban J connectivity index is 1.31. The van der Waals surface area contributed by atoms with Crippen molar-refractivity contribution >= 4 is 32.5 Å². The molecule has 0 bridgehead atoms. The zero-order valence-corrected chi connectivity index (χ0v) is 25.7. The van der Waals surface area contributed by atoms with Gasteiger partial charge in [-0.05, 0) is 28.3 Å². The molecule has 1 aliphatic carbocycles. The Morgan fingerprint density at radius 3 is 1.84 bits per heavy atom. The summed E-state index contributed by atoms with van der Waals surface area (Å²) in [7, 11) is 0. The minimum Gasteiger partial charge on any atom is -0.277 e. The van der Waals surface area contributed by atoms with Crippen molar-refractivity contribution in [2.24, 2.45) is 0 Å². The molecule has 0 saturated carbocycles. The topological polar surface area (TPSA) is 43.6 Å². The summed E-state index contributed by atoms with van der Waals surface area (Å²) in [4.78, 5) is 16.8. The molecule has 5 heteroatoms. The van der Waals surface area contributed by atoms with E-state index in [0.717, 1.165) is 22.2 Å². The number of hydrogen-bond donors (Lipinski definition) is 0. The van der Waals surface area contributed by atoms with E-state index >= 15 is 0 Å². The van der Waals surface area contributed by atoms with Gasteiger partial charge in [0.1, 0.15) is 0 Å². The van der Waals surface area contributed by atoms with Gasteiger partial charge in [0.2, 0.25) is 5.95 Å². The fourth-order valence-corrected chi connectivity index (χ4v) is 8.41. The molecular weight excluding hydrogens is 569 g/mol. The van der Waals surface area contributed by atoms with Gasteiger partial charge in [-0.3, -0.25) is 4.57 Å². The largest absolute Gasteiger partial charge is 0.277 e. The number of nitrogens with zero attached hydrogens (tertiary/aromatic N) is 4. The van der Waals surface area contributed by atoms with Crippen molar-refractivity contribution in [3.05, 3.63) is 145 Å². The maximum atomic E-state index is 5.22. The molecule has 9 rings (SSSR count). The van der Waals surface area contributed by atoms with Gasteiger partial charge in [0.15, 0.2) is 11.6 Å². The first-order valence-electron chi connectivity index (χ1n) is 15.2. The first kappa shape index (κ1) is 26.1. The Bertz CT molecular complexity index is 2380. The van der Waals surface area contributed by atoms with E-state index in [2.05, 4.69) is 128 Å². The maximum Gasteiger partial charge on any atom is 0.238 e. The average molecular weight is 597 g/mol. The second-order valence-electron chi connectivity index (χ2n) is 12.1. The van der Waals surface area contributed by atoms with Crippen LogP contribution in [-0.4, -0.2) is 19.5 Å². The Morgan fingerprint density at radius 1 is 0.556 bits per heavy atom. The maximum absolute atomic E-state index is 5.22. The first-order chi connectivity index (χ1) is 22.1. The summed E-state index contributed by atoms with van der Waals surface area (Å²) in [5, 5.41) is 1.22. The Morgan fingerprint density at radius 2 is 1.11 bits per heavy atom. The van der Waals surface area contributed by atoms with Gasteiger partial charge in [-0.15, -0.1) is 11.3 Å². The third-order valence-electron chi connectivity index (χ3n) is 9.07. The molecule has 8 aromatic rings. The van der Waals surface area contributed by atoms with Crippen LogP contribution in [0, 0.1) is 0 Å². The van der Waals surface area contributed by atoms with Crippen LogP contribution in [0.4, 0.5) is 0 Å². The van der Waals surface area contributed by atoms with E-state index in [1.807, 2.05) is 35.6 Å². The van der Waals surface area contributed by atoms with Crippen LogP contribution in [0.25, 0.3) is 71.4 Å². The van der Waals surface area contributed by atoms with E-state index in [4.69, 9.17) is 15.0 Å². The predicted molar refractivity (Wildman–Crippen MR) is 186 cm³/mol. The second kappa shape index (κ2) is 9.81. The molecule has 3 aromatic heterocycles. The highest BCUT2D eigenvalue weighted by Gasteiger charge is 2.40. The van der Waals surface area contributed by atoms with Gasteiger partial charge in [-0.1, -0.05) is 141 Å². The molecular formula is C40H28N4S. The number of fused-ring (bicyclic) bond motifs is 7. The lowest BCUT2D eigenvalue weighted by Gasteiger charge is -2.22. The van der Waals surface area contributed by atoms with Crippen molar-refractivity contribution in [1.82, 2.24) is 19.5 Å². The standard InChI is InChI=1S/C40H28N4S/c1-40(2)31-19-11-9-17-29(31)35-33(40)34-36(45-35)30-18-10-12-20-32(30)44(34)39-42-37(27-15-7-4-8-16-27)41-38(43-39)28-23-21-26(22-24-28)25-13-5-3-6-14-25/h3-24H,1-2H3. The molecule has 214 valence electrons. The molecule has 0 atom stereocenters. The lowest BCUT2D eigenvalue weighted by Crippen LogP contribution is -2.16. The molecule has 0 saturated heterocycles. The molecule has 0 spiro atoms. The van der Waals surface area contributed by atoms with Gasteiger partial charge in [0, 0.05) is 32.4 Å². The zero-order chi connectivity index (χ0) is 30.1. The molecule has 0 N–H and O–H groups in total. The normalized spacial score (nSPS) is 13.3. The van der Waals surface area contributed by atoms with Crippen molar-refractivity contribution in [2.45, 2.75) is 19.3 Å². The number of hydrogen-bond acceptors (Lipinski definition) is 4. The first-order valence-corrected chi connectivity index (χ1v) is 16.0. The number of para-hydroxylation sites is 1. The van der Waals surface area contributed by atoms with Crippen molar-refractivity contribution in [3.8, 4) is 50.3 Å². The van der Waals surface area contributed by atoms with Gasteiger partial charge in [-0.25, -0.2) is 4.98 Å². The summed E-state index contributed by atoms with van der Waals surface area (Å²) in [5.74, 6) is 1.94. The van der Waals surface area contributed by atoms with Crippen molar-refractivity contribution in [2.75, 3.05) is 0 Å². The number of rotatable bonds is 4. The molecule has 0 fully saturated rings. The Labute approximate surface area is 265 Å². The molecule has 3 heterocycles. The van der Waals surface area contributed by atoms with Crippen LogP contribution in [-0.2, 0) is 5.41 Å². The van der Waals surface area contributed by atoms with E-state index in [0.29, 0.717) is 17.6 Å². The molecule has 0 unspecified atom stereocenters.